The maximum Gasteiger partial charge on any atom is 0.326 e. The first-order valence-corrected chi connectivity index (χ1v) is 7.73. The van der Waals surface area contributed by atoms with Gasteiger partial charge in [0.15, 0.2) is 0 Å². The summed E-state index contributed by atoms with van der Waals surface area (Å²) in [6, 6.07) is 4.72. The molecule has 1 aromatic carbocycles. The van der Waals surface area contributed by atoms with E-state index < -0.39 is 12.0 Å². The number of amides is 1. The van der Waals surface area contributed by atoms with Gasteiger partial charge in [0.1, 0.15) is 18.1 Å². The van der Waals surface area contributed by atoms with E-state index in [1.54, 1.807) is 0 Å². The van der Waals surface area contributed by atoms with Gasteiger partial charge in [-0.15, -0.1) is 0 Å². The number of benzene rings is 1. The molecule has 7 nitrogen and oxygen atoms in total. The maximum absolute atomic E-state index is 13.0. The largest absolute Gasteiger partial charge is 0.480 e. The van der Waals surface area contributed by atoms with Gasteiger partial charge in [0.05, 0.1) is 18.2 Å². The Morgan fingerprint density at radius 2 is 2.12 bits per heavy atom. The summed E-state index contributed by atoms with van der Waals surface area (Å²) in [6.07, 6.45) is 1.23. The van der Waals surface area contributed by atoms with Crippen LogP contribution in [0, 0.1) is 5.82 Å². The summed E-state index contributed by atoms with van der Waals surface area (Å²) >= 11 is 0. The molecule has 0 aliphatic carbocycles. The van der Waals surface area contributed by atoms with E-state index in [1.165, 1.54) is 42.5 Å². The molecule has 3 rings (SSSR count). The second-order valence-corrected chi connectivity index (χ2v) is 5.82. The molecule has 2 unspecified atom stereocenters. The Labute approximate surface area is 143 Å². The third-order valence-electron chi connectivity index (χ3n) is 4.18. The number of hydrogen-bond donors (Lipinski definition) is 1. The van der Waals surface area contributed by atoms with E-state index in [9.17, 15) is 19.1 Å². The number of carboxylic acid groups (broad SMARTS) is 1. The molecule has 132 valence electrons. The highest BCUT2D eigenvalue weighted by atomic mass is 19.1. The average molecular weight is 348 g/mol. The summed E-state index contributed by atoms with van der Waals surface area (Å²) in [5, 5.41) is 9.27. The molecule has 1 aliphatic heterocycles. The number of nitrogens with zero attached hydrogens (tertiary/aromatic N) is 2. The SMILES string of the molecule is COC1CC(C(=O)O)N(C(=O)Cc2coc(-c3ccc(F)cc3)n2)C1. The summed E-state index contributed by atoms with van der Waals surface area (Å²) in [7, 11) is 1.49. The second kappa shape index (κ2) is 7.02. The molecule has 2 aromatic rings. The summed E-state index contributed by atoms with van der Waals surface area (Å²) in [5.74, 6) is -1.51. The van der Waals surface area contributed by atoms with Gasteiger partial charge in [-0.2, -0.15) is 0 Å². The molecule has 1 aromatic heterocycles. The van der Waals surface area contributed by atoms with Crippen molar-refractivity contribution in [1.29, 1.82) is 0 Å². The first-order chi connectivity index (χ1) is 12.0. The van der Waals surface area contributed by atoms with Crippen LogP contribution in [0.1, 0.15) is 12.1 Å². The van der Waals surface area contributed by atoms with E-state index in [0.29, 0.717) is 11.3 Å². The Kier molecular flexibility index (Phi) is 4.80. The highest BCUT2D eigenvalue weighted by molar-refractivity contribution is 5.85. The lowest BCUT2D eigenvalue weighted by Gasteiger charge is -2.20. The fourth-order valence-electron chi connectivity index (χ4n) is 2.85. The van der Waals surface area contributed by atoms with Gasteiger partial charge in [-0.1, -0.05) is 0 Å². The van der Waals surface area contributed by atoms with Crippen LogP contribution in [-0.4, -0.2) is 52.7 Å². The fourth-order valence-corrected chi connectivity index (χ4v) is 2.85. The number of aliphatic carboxylic acids is 1. The van der Waals surface area contributed by atoms with Crippen LogP contribution in [0.4, 0.5) is 4.39 Å². The van der Waals surface area contributed by atoms with Gasteiger partial charge < -0.3 is 19.2 Å². The molecule has 2 heterocycles. The van der Waals surface area contributed by atoms with Crippen molar-refractivity contribution in [1.82, 2.24) is 9.88 Å². The zero-order chi connectivity index (χ0) is 18.0. The molecule has 1 saturated heterocycles. The minimum absolute atomic E-state index is 0.0785. The number of hydrogen-bond acceptors (Lipinski definition) is 5. The minimum atomic E-state index is -1.06. The van der Waals surface area contributed by atoms with Gasteiger partial charge in [0, 0.05) is 25.6 Å². The van der Waals surface area contributed by atoms with E-state index in [-0.39, 0.29) is 43.1 Å². The Morgan fingerprint density at radius 3 is 2.76 bits per heavy atom. The summed E-state index contributed by atoms with van der Waals surface area (Å²) < 4.78 is 23.5. The second-order valence-electron chi connectivity index (χ2n) is 5.82. The highest BCUT2D eigenvalue weighted by Crippen LogP contribution is 2.23. The average Bonchev–Trinajstić information content (AvgIpc) is 3.22. The molecule has 1 N–H and O–H groups in total. The van der Waals surface area contributed by atoms with Crippen LogP contribution in [0.5, 0.6) is 0 Å². The van der Waals surface area contributed by atoms with Crippen LogP contribution >= 0.6 is 0 Å². The van der Waals surface area contributed by atoms with Crippen molar-refractivity contribution in [2.45, 2.75) is 25.0 Å². The van der Waals surface area contributed by atoms with Crippen molar-refractivity contribution >= 4 is 11.9 Å². The van der Waals surface area contributed by atoms with E-state index >= 15 is 0 Å². The van der Waals surface area contributed by atoms with E-state index in [1.807, 2.05) is 0 Å². The highest BCUT2D eigenvalue weighted by Gasteiger charge is 2.39. The van der Waals surface area contributed by atoms with E-state index in [0.717, 1.165) is 0 Å². The molecule has 0 saturated carbocycles. The van der Waals surface area contributed by atoms with Gasteiger partial charge in [0.25, 0.3) is 0 Å². The molecule has 0 spiro atoms. The number of carboxylic acids is 1. The van der Waals surface area contributed by atoms with E-state index in [4.69, 9.17) is 9.15 Å². The molecule has 0 radical (unpaired) electrons. The molecular weight excluding hydrogens is 331 g/mol. The van der Waals surface area contributed by atoms with Gasteiger partial charge in [0.2, 0.25) is 11.8 Å². The number of halogens is 1. The lowest BCUT2D eigenvalue weighted by Crippen LogP contribution is -2.41. The van der Waals surface area contributed by atoms with Crippen molar-refractivity contribution in [3.8, 4) is 11.5 Å². The molecule has 8 heteroatoms. The summed E-state index contributed by atoms with van der Waals surface area (Å²) in [6.45, 7) is 0.231. The molecular formula is C17H17FN2O5. The zero-order valence-corrected chi connectivity index (χ0v) is 13.5. The zero-order valence-electron chi connectivity index (χ0n) is 13.5. The first-order valence-electron chi connectivity index (χ1n) is 7.73. The molecule has 25 heavy (non-hydrogen) atoms. The van der Waals surface area contributed by atoms with Crippen molar-refractivity contribution < 1.29 is 28.2 Å². The number of aromatic nitrogens is 1. The molecule has 0 bridgehead atoms. The van der Waals surface area contributed by atoms with Crippen molar-refractivity contribution in [3.63, 3.8) is 0 Å². The van der Waals surface area contributed by atoms with Crippen LogP contribution in [0.3, 0.4) is 0 Å². The van der Waals surface area contributed by atoms with Gasteiger partial charge in [-0.25, -0.2) is 14.2 Å². The lowest BCUT2D eigenvalue weighted by molar-refractivity contribution is -0.148. The normalized spacial score (nSPS) is 20.0. The lowest BCUT2D eigenvalue weighted by atomic mass is 10.2. The Hall–Kier alpha value is -2.74. The monoisotopic (exact) mass is 348 g/mol. The number of rotatable bonds is 5. The van der Waals surface area contributed by atoms with Crippen molar-refractivity contribution in [2.24, 2.45) is 0 Å². The number of oxazole rings is 1. The van der Waals surface area contributed by atoms with Gasteiger partial charge in [-0.05, 0) is 24.3 Å². The number of ether oxygens (including phenoxy) is 1. The summed E-state index contributed by atoms with van der Waals surface area (Å²) in [5.41, 5.74) is 0.971. The first kappa shape index (κ1) is 17.1. The number of methoxy groups -OCH3 is 1. The molecule has 1 fully saturated rings. The number of likely N-dealkylation sites (tertiary alicyclic amines) is 1. The Bertz CT molecular complexity index is 774. The number of carbonyl (C=O) groups excluding carboxylic acids is 1. The van der Waals surface area contributed by atoms with Crippen LogP contribution in [0.2, 0.25) is 0 Å². The van der Waals surface area contributed by atoms with E-state index in [2.05, 4.69) is 4.98 Å². The topological polar surface area (TPSA) is 92.9 Å². The van der Waals surface area contributed by atoms with Crippen molar-refractivity contribution in [3.05, 3.63) is 42.0 Å². The predicted octanol–water partition coefficient (Wildman–Crippen LogP) is 1.72. The standard InChI is InChI=1S/C17H17FN2O5/c1-24-13-7-14(17(22)23)20(8-13)15(21)6-12-9-25-16(19-12)10-2-4-11(18)5-3-10/h2-5,9,13-14H,6-8H2,1H3,(H,22,23). The maximum atomic E-state index is 13.0. The smallest absolute Gasteiger partial charge is 0.326 e. The van der Waals surface area contributed by atoms with Crippen LogP contribution in [0.25, 0.3) is 11.5 Å². The molecule has 1 amide bonds. The quantitative estimate of drug-likeness (QED) is 0.884. The molecule has 1 aliphatic rings. The van der Waals surface area contributed by atoms with Crippen LogP contribution in [0.15, 0.2) is 34.9 Å². The van der Waals surface area contributed by atoms with Crippen LogP contribution < -0.4 is 0 Å². The Balaban J connectivity index is 1.71. The predicted molar refractivity (Wildman–Crippen MR) is 84.2 cm³/mol. The van der Waals surface area contributed by atoms with Crippen molar-refractivity contribution in [2.75, 3.05) is 13.7 Å². The third kappa shape index (κ3) is 3.69. The number of carbonyl (C=O) groups is 2. The minimum Gasteiger partial charge on any atom is -0.480 e. The fraction of sp³-hybridized carbons (Fsp3) is 0.353. The van der Waals surface area contributed by atoms with Gasteiger partial charge >= 0.3 is 5.97 Å². The molecule has 2 atom stereocenters. The van der Waals surface area contributed by atoms with Crippen LogP contribution in [-0.2, 0) is 20.7 Å². The van der Waals surface area contributed by atoms with Gasteiger partial charge in [-0.3, -0.25) is 4.79 Å². The third-order valence-corrected chi connectivity index (χ3v) is 4.18. The summed E-state index contributed by atoms with van der Waals surface area (Å²) in [4.78, 5) is 29.3. The Morgan fingerprint density at radius 1 is 1.40 bits per heavy atom.